The summed E-state index contributed by atoms with van der Waals surface area (Å²) in [6.45, 7) is 0. The predicted molar refractivity (Wildman–Crippen MR) is 113 cm³/mol. The monoisotopic (exact) mass is 382 g/mol. The summed E-state index contributed by atoms with van der Waals surface area (Å²) in [5.41, 5.74) is 2.31. The van der Waals surface area contributed by atoms with Crippen LogP contribution in [0.4, 0.5) is 0 Å². The molecule has 0 aliphatic heterocycles. The topological polar surface area (TPSA) is 61.3 Å². The molecule has 0 saturated carbocycles. The third-order valence-corrected chi connectivity index (χ3v) is 4.30. The normalized spacial score (nSPS) is 10.9. The van der Waals surface area contributed by atoms with Gasteiger partial charge in [0.2, 0.25) is 5.88 Å². The average Bonchev–Trinajstić information content (AvgIpc) is 2.78. The lowest BCUT2D eigenvalue weighted by atomic mass is 10.2. The maximum Gasteiger partial charge on any atom is 0.337 e. The molecule has 0 bridgehead atoms. The van der Waals surface area contributed by atoms with Crippen molar-refractivity contribution in [1.29, 1.82) is 0 Å². The first-order valence-corrected chi connectivity index (χ1v) is 9.09. The Morgan fingerprint density at radius 3 is 2.31 bits per heavy atom. The molecule has 142 valence electrons. The second kappa shape index (κ2) is 8.35. The molecule has 0 N–H and O–H groups in total. The van der Waals surface area contributed by atoms with Gasteiger partial charge in [-0.3, -0.25) is 0 Å². The highest BCUT2D eigenvalue weighted by molar-refractivity contribution is 5.89. The molecule has 5 heteroatoms. The van der Waals surface area contributed by atoms with E-state index in [0.717, 1.165) is 16.5 Å². The maximum atomic E-state index is 11.6. The third kappa shape index (κ3) is 4.30. The van der Waals surface area contributed by atoms with Crippen LogP contribution in [0.5, 0.6) is 11.6 Å². The molecule has 0 fully saturated rings. The van der Waals surface area contributed by atoms with Crippen LogP contribution < -0.4 is 4.74 Å². The molecule has 29 heavy (non-hydrogen) atoms. The predicted octanol–water partition coefficient (Wildman–Crippen LogP) is 5.38. The molecule has 5 nitrogen and oxygen atoms in total. The molecule has 4 aromatic rings. The van der Waals surface area contributed by atoms with Crippen molar-refractivity contribution in [3.8, 4) is 11.6 Å². The van der Waals surface area contributed by atoms with Gasteiger partial charge in [-0.15, -0.1) is 0 Å². The number of esters is 1. The Balaban J connectivity index is 1.67. The number of para-hydroxylation sites is 1. The van der Waals surface area contributed by atoms with Crippen LogP contribution in [-0.4, -0.2) is 23.0 Å². The third-order valence-electron chi connectivity index (χ3n) is 4.30. The molecular weight excluding hydrogens is 364 g/mol. The number of hydrogen-bond acceptors (Lipinski definition) is 5. The minimum atomic E-state index is -0.391. The number of carbonyl (C=O) groups excluding carboxylic acids is 1. The van der Waals surface area contributed by atoms with Gasteiger partial charge in [-0.25, -0.2) is 9.78 Å². The molecular formula is C24H18N2O3. The second-order valence-corrected chi connectivity index (χ2v) is 6.27. The van der Waals surface area contributed by atoms with Crippen molar-refractivity contribution in [3.63, 3.8) is 0 Å². The molecule has 0 radical (unpaired) electrons. The van der Waals surface area contributed by atoms with E-state index in [1.165, 1.54) is 7.11 Å². The number of benzene rings is 3. The van der Waals surface area contributed by atoms with Crippen molar-refractivity contribution in [3.05, 3.63) is 95.8 Å². The van der Waals surface area contributed by atoms with Gasteiger partial charge in [0.1, 0.15) is 5.75 Å². The molecule has 0 saturated heterocycles. The van der Waals surface area contributed by atoms with Gasteiger partial charge in [0.15, 0.2) is 5.82 Å². The standard InChI is InChI=1S/C24H18N2O3/c1-28-24(27)18-12-14-19(15-13-18)29-23-20-9-5-6-10-21(20)25-22(26-23)16-11-17-7-3-2-4-8-17/h2-16H,1H3/b16-11+. The first kappa shape index (κ1) is 18.4. The molecule has 1 heterocycles. The van der Waals surface area contributed by atoms with Crippen LogP contribution in [0.3, 0.4) is 0 Å². The Bertz CT molecular complexity index is 1170. The highest BCUT2D eigenvalue weighted by atomic mass is 16.5. The summed E-state index contributed by atoms with van der Waals surface area (Å²) in [4.78, 5) is 20.8. The number of carbonyl (C=O) groups is 1. The van der Waals surface area contributed by atoms with Crippen molar-refractivity contribution in [1.82, 2.24) is 9.97 Å². The first-order chi connectivity index (χ1) is 14.2. The molecule has 0 atom stereocenters. The molecule has 0 unspecified atom stereocenters. The lowest BCUT2D eigenvalue weighted by Crippen LogP contribution is -2.00. The van der Waals surface area contributed by atoms with Crippen molar-refractivity contribution in [2.24, 2.45) is 0 Å². The van der Waals surface area contributed by atoms with Crippen LogP contribution in [0, 0.1) is 0 Å². The van der Waals surface area contributed by atoms with Gasteiger partial charge in [0.05, 0.1) is 23.6 Å². The van der Waals surface area contributed by atoms with Crippen molar-refractivity contribution >= 4 is 29.0 Å². The number of fused-ring (bicyclic) bond motifs is 1. The molecule has 4 rings (SSSR count). The summed E-state index contributed by atoms with van der Waals surface area (Å²) < 4.78 is 10.7. The SMILES string of the molecule is COC(=O)c1ccc(Oc2nc(/C=C/c3ccccc3)nc3ccccc23)cc1. The van der Waals surface area contributed by atoms with E-state index in [0.29, 0.717) is 23.0 Å². The zero-order valence-electron chi connectivity index (χ0n) is 15.8. The summed E-state index contributed by atoms with van der Waals surface area (Å²) >= 11 is 0. The quantitative estimate of drug-likeness (QED) is 0.434. The minimum Gasteiger partial charge on any atom is -0.465 e. The van der Waals surface area contributed by atoms with E-state index in [2.05, 4.69) is 9.97 Å². The van der Waals surface area contributed by atoms with E-state index in [1.807, 2.05) is 66.7 Å². The average molecular weight is 382 g/mol. The molecule has 3 aromatic carbocycles. The van der Waals surface area contributed by atoms with Gasteiger partial charge >= 0.3 is 5.97 Å². The van der Waals surface area contributed by atoms with E-state index in [1.54, 1.807) is 24.3 Å². The van der Waals surface area contributed by atoms with Crippen LogP contribution in [-0.2, 0) is 4.74 Å². The fourth-order valence-electron chi connectivity index (χ4n) is 2.84. The number of nitrogens with zero attached hydrogens (tertiary/aromatic N) is 2. The van der Waals surface area contributed by atoms with Gasteiger partial charge in [-0.2, -0.15) is 4.98 Å². The van der Waals surface area contributed by atoms with E-state index in [9.17, 15) is 4.79 Å². The molecule has 0 aliphatic rings. The zero-order valence-corrected chi connectivity index (χ0v) is 15.8. The molecule has 0 aliphatic carbocycles. The molecule has 0 spiro atoms. The number of ether oxygens (including phenoxy) is 2. The van der Waals surface area contributed by atoms with Crippen molar-refractivity contribution < 1.29 is 14.3 Å². The van der Waals surface area contributed by atoms with Gasteiger partial charge in [-0.1, -0.05) is 48.5 Å². The van der Waals surface area contributed by atoms with E-state index < -0.39 is 5.97 Å². The Morgan fingerprint density at radius 1 is 0.828 bits per heavy atom. The lowest BCUT2D eigenvalue weighted by Gasteiger charge is -2.09. The van der Waals surface area contributed by atoms with Gasteiger partial charge in [0, 0.05) is 0 Å². The van der Waals surface area contributed by atoms with Crippen LogP contribution in [0.25, 0.3) is 23.1 Å². The zero-order chi connectivity index (χ0) is 20.1. The minimum absolute atomic E-state index is 0.391. The summed E-state index contributed by atoms with van der Waals surface area (Å²) in [5, 5.41) is 0.807. The molecule has 0 amide bonds. The molecule has 1 aromatic heterocycles. The number of rotatable bonds is 5. The van der Waals surface area contributed by atoms with Crippen LogP contribution in [0.2, 0.25) is 0 Å². The highest BCUT2D eigenvalue weighted by Gasteiger charge is 2.10. The fraction of sp³-hybridized carbons (Fsp3) is 0.0417. The summed E-state index contributed by atoms with van der Waals surface area (Å²) in [6.07, 6.45) is 3.81. The van der Waals surface area contributed by atoms with Gasteiger partial charge in [-0.05, 0) is 48.0 Å². The first-order valence-electron chi connectivity index (χ1n) is 9.09. The van der Waals surface area contributed by atoms with Crippen LogP contribution >= 0.6 is 0 Å². The number of hydrogen-bond donors (Lipinski definition) is 0. The fourth-order valence-corrected chi connectivity index (χ4v) is 2.84. The van der Waals surface area contributed by atoms with Crippen molar-refractivity contribution in [2.45, 2.75) is 0 Å². The maximum absolute atomic E-state index is 11.6. The summed E-state index contributed by atoms with van der Waals surface area (Å²) in [6, 6.07) is 24.4. The number of methoxy groups -OCH3 is 1. The van der Waals surface area contributed by atoms with Gasteiger partial charge in [0.25, 0.3) is 0 Å². The Hall–Kier alpha value is -3.99. The van der Waals surface area contributed by atoms with E-state index in [4.69, 9.17) is 9.47 Å². The van der Waals surface area contributed by atoms with Gasteiger partial charge < -0.3 is 9.47 Å². The highest BCUT2D eigenvalue weighted by Crippen LogP contribution is 2.28. The Kier molecular flexibility index (Phi) is 5.29. The lowest BCUT2D eigenvalue weighted by molar-refractivity contribution is 0.0600. The largest absolute Gasteiger partial charge is 0.465 e. The van der Waals surface area contributed by atoms with Crippen LogP contribution in [0.1, 0.15) is 21.7 Å². The number of aromatic nitrogens is 2. The Labute approximate surface area is 168 Å². The summed E-state index contributed by atoms with van der Waals surface area (Å²) in [5.74, 6) is 1.18. The van der Waals surface area contributed by atoms with E-state index >= 15 is 0 Å². The van der Waals surface area contributed by atoms with Crippen LogP contribution in [0.15, 0.2) is 78.9 Å². The van der Waals surface area contributed by atoms with E-state index in [-0.39, 0.29) is 0 Å². The van der Waals surface area contributed by atoms with Crippen molar-refractivity contribution in [2.75, 3.05) is 7.11 Å². The summed E-state index contributed by atoms with van der Waals surface area (Å²) in [7, 11) is 1.35. The second-order valence-electron chi connectivity index (χ2n) is 6.27. The smallest absolute Gasteiger partial charge is 0.337 e. The Morgan fingerprint density at radius 2 is 1.55 bits per heavy atom.